The molecule has 1 fully saturated rings. The minimum Gasteiger partial charge on any atom is -0.329 e. The van der Waals surface area contributed by atoms with Gasteiger partial charge in [-0.15, -0.1) is 0 Å². The van der Waals surface area contributed by atoms with E-state index < -0.39 is 12.1 Å². The lowest BCUT2D eigenvalue weighted by Crippen LogP contribution is -2.45. The monoisotopic (exact) mass is 278 g/mol. The lowest BCUT2D eigenvalue weighted by atomic mass is 10.1. The van der Waals surface area contributed by atoms with E-state index in [0.29, 0.717) is 0 Å². The average Bonchev–Trinajstić information content (AvgIpc) is 2.86. The van der Waals surface area contributed by atoms with Crippen molar-refractivity contribution in [1.82, 2.24) is 20.4 Å². The fraction of sp³-hybridized carbons (Fsp3) is 0.818. The third kappa shape index (κ3) is 3.44. The van der Waals surface area contributed by atoms with Crippen molar-refractivity contribution in [3.63, 3.8) is 0 Å². The van der Waals surface area contributed by atoms with Crippen LogP contribution in [0.15, 0.2) is 4.52 Å². The zero-order valence-electron chi connectivity index (χ0n) is 10.7. The summed E-state index contributed by atoms with van der Waals surface area (Å²) in [5.41, 5.74) is 0. The fourth-order valence-electron chi connectivity index (χ4n) is 2.23. The van der Waals surface area contributed by atoms with Crippen molar-refractivity contribution in [1.29, 1.82) is 0 Å². The summed E-state index contributed by atoms with van der Waals surface area (Å²) in [6.45, 7) is 5.19. The van der Waals surface area contributed by atoms with Crippen LogP contribution in [0.1, 0.15) is 37.5 Å². The van der Waals surface area contributed by atoms with Crippen LogP contribution in [-0.2, 0) is 6.18 Å². The zero-order valence-corrected chi connectivity index (χ0v) is 10.7. The topological polar surface area (TPSA) is 54.2 Å². The quantitative estimate of drug-likeness (QED) is 0.910. The molecule has 5 nitrogen and oxygen atoms in total. The lowest BCUT2D eigenvalue weighted by Gasteiger charge is -2.33. The summed E-state index contributed by atoms with van der Waals surface area (Å²) in [5, 5.41) is 6.72. The molecule has 0 amide bonds. The molecule has 1 aromatic heterocycles. The van der Waals surface area contributed by atoms with Crippen LogP contribution in [0.25, 0.3) is 0 Å². The van der Waals surface area contributed by atoms with Crippen molar-refractivity contribution in [2.75, 3.05) is 26.2 Å². The SMILES string of the molecule is CCCC(c1noc(C(F)(F)F)n1)N1CCNCC1. The summed E-state index contributed by atoms with van der Waals surface area (Å²) >= 11 is 0. The van der Waals surface area contributed by atoms with E-state index in [1.165, 1.54) is 0 Å². The molecule has 8 heteroatoms. The van der Waals surface area contributed by atoms with Crippen molar-refractivity contribution in [2.24, 2.45) is 0 Å². The van der Waals surface area contributed by atoms with Crippen molar-refractivity contribution in [2.45, 2.75) is 32.0 Å². The first-order valence-electron chi connectivity index (χ1n) is 6.38. The Morgan fingerprint density at radius 1 is 1.37 bits per heavy atom. The first kappa shape index (κ1) is 14.3. The number of nitrogens with one attached hydrogen (secondary N) is 1. The van der Waals surface area contributed by atoms with Crippen LogP contribution >= 0.6 is 0 Å². The number of piperazine rings is 1. The van der Waals surface area contributed by atoms with Gasteiger partial charge in [-0.3, -0.25) is 4.90 Å². The molecule has 1 atom stereocenters. The van der Waals surface area contributed by atoms with E-state index in [9.17, 15) is 13.2 Å². The molecule has 108 valence electrons. The van der Waals surface area contributed by atoms with Gasteiger partial charge in [-0.05, 0) is 6.42 Å². The van der Waals surface area contributed by atoms with E-state index in [4.69, 9.17) is 0 Å². The predicted molar refractivity (Wildman–Crippen MR) is 61.4 cm³/mol. The van der Waals surface area contributed by atoms with E-state index in [1.54, 1.807) is 0 Å². The van der Waals surface area contributed by atoms with Crippen LogP contribution in [0, 0.1) is 0 Å². The molecule has 1 aliphatic heterocycles. The molecule has 1 aliphatic rings. The summed E-state index contributed by atoms with van der Waals surface area (Å²) in [6.07, 6.45) is -3.01. The second kappa shape index (κ2) is 5.87. The molecule has 1 aromatic rings. The Morgan fingerprint density at radius 2 is 2.05 bits per heavy atom. The number of aromatic nitrogens is 2. The van der Waals surface area contributed by atoms with Crippen LogP contribution in [0.5, 0.6) is 0 Å². The van der Waals surface area contributed by atoms with E-state index in [1.807, 2.05) is 6.92 Å². The molecule has 0 spiro atoms. The molecule has 0 bridgehead atoms. The smallest absolute Gasteiger partial charge is 0.329 e. The summed E-state index contributed by atoms with van der Waals surface area (Å²) in [4.78, 5) is 5.61. The van der Waals surface area contributed by atoms with Gasteiger partial charge < -0.3 is 9.84 Å². The molecule has 0 radical (unpaired) electrons. The second-order valence-corrected chi connectivity index (χ2v) is 4.55. The minimum absolute atomic E-state index is 0.135. The van der Waals surface area contributed by atoms with Crippen LogP contribution in [0.4, 0.5) is 13.2 Å². The van der Waals surface area contributed by atoms with E-state index in [2.05, 4.69) is 24.9 Å². The van der Waals surface area contributed by atoms with Crippen LogP contribution in [-0.4, -0.2) is 41.2 Å². The van der Waals surface area contributed by atoms with E-state index in [0.717, 1.165) is 39.0 Å². The third-order valence-corrected chi connectivity index (χ3v) is 3.14. The average molecular weight is 278 g/mol. The van der Waals surface area contributed by atoms with Gasteiger partial charge in [0, 0.05) is 26.2 Å². The maximum absolute atomic E-state index is 12.5. The van der Waals surface area contributed by atoms with Gasteiger partial charge in [-0.2, -0.15) is 18.2 Å². The minimum atomic E-state index is -4.58. The molecular formula is C11H17F3N4O. The molecule has 2 rings (SSSR count). The van der Waals surface area contributed by atoms with Crippen LogP contribution in [0.2, 0.25) is 0 Å². The Balaban J connectivity index is 2.16. The third-order valence-electron chi connectivity index (χ3n) is 3.14. The molecule has 19 heavy (non-hydrogen) atoms. The largest absolute Gasteiger partial charge is 0.471 e. The van der Waals surface area contributed by atoms with Gasteiger partial charge in [0.05, 0.1) is 6.04 Å². The van der Waals surface area contributed by atoms with Gasteiger partial charge in [0.1, 0.15) is 0 Å². The van der Waals surface area contributed by atoms with Gasteiger partial charge in [0.2, 0.25) is 0 Å². The van der Waals surface area contributed by atoms with Gasteiger partial charge in [-0.25, -0.2) is 0 Å². The Hall–Kier alpha value is -1.15. The van der Waals surface area contributed by atoms with Gasteiger partial charge in [0.15, 0.2) is 5.82 Å². The maximum atomic E-state index is 12.5. The summed E-state index contributed by atoms with van der Waals surface area (Å²) in [6, 6.07) is -0.202. The summed E-state index contributed by atoms with van der Waals surface area (Å²) < 4.78 is 41.7. The van der Waals surface area contributed by atoms with E-state index in [-0.39, 0.29) is 11.9 Å². The summed E-state index contributed by atoms with van der Waals surface area (Å²) in [5.74, 6) is -1.13. The van der Waals surface area contributed by atoms with Gasteiger partial charge in [-0.1, -0.05) is 18.5 Å². The first-order chi connectivity index (χ1) is 9.02. The highest BCUT2D eigenvalue weighted by atomic mass is 19.4. The van der Waals surface area contributed by atoms with Crippen molar-refractivity contribution >= 4 is 0 Å². The fourth-order valence-corrected chi connectivity index (χ4v) is 2.23. The van der Waals surface area contributed by atoms with Crippen LogP contribution in [0.3, 0.4) is 0 Å². The van der Waals surface area contributed by atoms with E-state index >= 15 is 0 Å². The predicted octanol–water partition coefficient (Wildman–Crippen LogP) is 1.83. The van der Waals surface area contributed by atoms with Crippen molar-refractivity contribution in [3.05, 3.63) is 11.7 Å². The zero-order chi connectivity index (χ0) is 13.9. The molecule has 1 saturated heterocycles. The number of alkyl halides is 3. The Bertz CT molecular complexity index is 401. The number of rotatable bonds is 4. The lowest BCUT2D eigenvalue weighted by molar-refractivity contribution is -0.159. The number of halogens is 3. The Labute approximate surface area is 109 Å². The molecule has 2 heterocycles. The normalized spacial score (nSPS) is 19.6. The molecule has 1 unspecified atom stereocenters. The second-order valence-electron chi connectivity index (χ2n) is 4.55. The van der Waals surface area contributed by atoms with Crippen LogP contribution < -0.4 is 5.32 Å². The first-order valence-corrected chi connectivity index (χ1v) is 6.38. The van der Waals surface area contributed by atoms with Crippen molar-refractivity contribution in [3.8, 4) is 0 Å². The Morgan fingerprint density at radius 3 is 2.58 bits per heavy atom. The number of hydrogen-bond donors (Lipinski definition) is 1. The molecule has 0 aromatic carbocycles. The van der Waals surface area contributed by atoms with Gasteiger partial charge >= 0.3 is 12.1 Å². The molecular weight excluding hydrogens is 261 g/mol. The van der Waals surface area contributed by atoms with Gasteiger partial charge in [0.25, 0.3) is 0 Å². The highest BCUT2D eigenvalue weighted by molar-refractivity contribution is 4.98. The standard InChI is InChI=1S/C11H17F3N4O/c1-2-3-8(18-6-4-15-5-7-18)9-16-10(19-17-9)11(12,13)14/h8,15H,2-7H2,1H3. The summed E-state index contributed by atoms with van der Waals surface area (Å²) in [7, 11) is 0. The maximum Gasteiger partial charge on any atom is 0.471 e. The molecule has 0 saturated carbocycles. The highest BCUT2D eigenvalue weighted by Gasteiger charge is 2.39. The number of nitrogens with zero attached hydrogens (tertiary/aromatic N) is 3. The Kier molecular flexibility index (Phi) is 4.41. The number of hydrogen-bond acceptors (Lipinski definition) is 5. The molecule has 0 aliphatic carbocycles. The molecule has 1 N–H and O–H groups in total. The highest BCUT2D eigenvalue weighted by Crippen LogP contribution is 2.30. The van der Waals surface area contributed by atoms with Crippen molar-refractivity contribution < 1.29 is 17.7 Å².